The molecule has 0 fully saturated rings. The molecular formula is C19H17NO3. The van der Waals surface area contributed by atoms with Crippen LogP contribution in [-0.4, -0.2) is 16.1 Å². The average Bonchev–Trinajstić information content (AvgIpc) is 2.59. The first kappa shape index (κ1) is 15.0. The predicted octanol–water partition coefficient (Wildman–Crippen LogP) is 4.00. The topological polar surface area (TPSA) is 59.4 Å². The highest BCUT2D eigenvalue weighted by Gasteiger charge is 2.13. The number of carboxylic acid groups (broad SMARTS) is 1. The number of carboxylic acids is 1. The molecule has 1 aromatic heterocycles. The number of benzene rings is 2. The summed E-state index contributed by atoms with van der Waals surface area (Å²) in [6.07, 6.45) is 0. The number of aliphatic carboxylic acids is 1. The second-order valence-corrected chi connectivity index (χ2v) is 5.41. The van der Waals surface area contributed by atoms with E-state index in [1.165, 1.54) is 0 Å². The Bertz CT molecular complexity index is 827. The van der Waals surface area contributed by atoms with Gasteiger partial charge in [0.05, 0.1) is 17.1 Å². The van der Waals surface area contributed by atoms with E-state index in [0.29, 0.717) is 12.4 Å². The number of fused-ring (bicyclic) bond motifs is 1. The SMILES string of the molecule is CC(C(=O)O)c1ccc(OCc2ccc3ccccc3n2)cc1. The predicted molar refractivity (Wildman–Crippen MR) is 88.6 cm³/mol. The van der Waals surface area contributed by atoms with Crippen LogP contribution in [0.3, 0.4) is 0 Å². The zero-order valence-corrected chi connectivity index (χ0v) is 12.8. The van der Waals surface area contributed by atoms with Crippen LogP contribution in [0.25, 0.3) is 10.9 Å². The van der Waals surface area contributed by atoms with Gasteiger partial charge in [-0.05, 0) is 36.8 Å². The number of para-hydroxylation sites is 1. The molecule has 0 amide bonds. The van der Waals surface area contributed by atoms with E-state index in [1.807, 2.05) is 36.4 Å². The van der Waals surface area contributed by atoms with Crippen LogP contribution in [0.1, 0.15) is 24.1 Å². The van der Waals surface area contributed by atoms with E-state index in [2.05, 4.69) is 4.98 Å². The molecule has 0 radical (unpaired) electrons. The third-order valence-electron chi connectivity index (χ3n) is 3.79. The van der Waals surface area contributed by atoms with Gasteiger partial charge in [-0.1, -0.05) is 36.4 Å². The Morgan fingerprint density at radius 1 is 1.09 bits per heavy atom. The monoisotopic (exact) mass is 307 g/mol. The molecule has 23 heavy (non-hydrogen) atoms. The summed E-state index contributed by atoms with van der Waals surface area (Å²) in [5.41, 5.74) is 2.56. The maximum absolute atomic E-state index is 11.0. The number of nitrogens with zero attached hydrogens (tertiary/aromatic N) is 1. The van der Waals surface area contributed by atoms with Gasteiger partial charge in [0.1, 0.15) is 12.4 Å². The van der Waals surface area contributed by atoms with Crippen LogP contribution in [0, 0.1) is 0 Å². The summed E-state index contributed by atoms with van der Waals surface area (Å²) in [5, 5.41) is 10.1. The Labute approximate surface area is 134 Å². The molecule has 3 rings (SSSR count). The maximum atomic E-state index is 11.0. The number of ether oxygens (including phenoxy) is 1. The minimum absolute atomic E-state index is 0.374. The van der Waals surface area contributed by atoms with Crippen molar-refractivity contribution in [1.82, 2.24) is 4.98 Å². The summed E-state index contributed by atoms with van der Waals surface area (Å²) < 4.78 is 5.73. The lowest BCUT2D eigenvalue weighted by Gasteiger charge is -2.09. The third-order valence-corrected chi connectivity index (χ3v) is 3.79. The second-order valence-electron chi connectivity index (χ2n) is 5.41. The fraction of sp³-hybridized carbons (Fsp3) is 0.158. The Balaban J connectivity index is 1.68. The van der Waals surface area contributed by atoms with Crippen LogP contribution in [-0.2, 0) is 11.4 Å². The van der Waals surface area contributed by atoms with Gasteiger partial charge < -0.3 is 9.84 Å². The molecule has 4 nitrogen and oxygen atoms in total. The summed E-state index contributed by atoms with van der Waals surface area (Å²) in [5.74, 6) is -0.661. The molecule has 0 aliphatic rings. The first-order valence-electron chi connectivity index (χ1n) is 7.44. The Morgan fingerprint density at radius 3 is 2.57 bits per heavy atom. The van der Waals surface area contributed by atoms with E-state index in [9.17, 15) is 4.79 Å². The second kappa shape index (κ2) is 6.48. The molecule has 0 aliphatic carbocycles. The first-order valence-corrected chi connectivity index (χ1v) is 7.44. The van der Waals surface area contributed by atoms with Gasteiger partial charge in [0, 0.05) is 5.39 Å². The van der Waals surface area contributed by atoms with E-state index < -0.39 is 11.9 Å². The van der Waals surface area contributed by atoms with E-state index in [0.717, 1.165) is 22.2 Å². The van der Waals surface area contributed by atoms with E-state index in [4.69, 9.17) is 9.84 Å². The highest BCUT2D eigenvalue weighted by atomic mass is 16.5. The van der Waals surface area contributed by atoms with E-state index >= 15 is 0 Å². The number of aromatic nitrogens is 1. The minimum atomic E-state index is -0.834. The summed E-state index contributed by atoms with van der Waals surface area (Å²) in [4.78, 5) is 15.5. The van der Waals surface area contributed by atoms with Crippen LogP contribution in [0.4, 0.5) is 0 Å². The molecule has 0 bridgehead atoms. The molecule has 0 saturated carbocycles. The lowest BCUT2D eigenvalue weighted by molar-refractivity contribution is -0.138. The van der Waals surface area contributed by atoms with Crippen molar-refractivity contribution in [2.45, 2.75) is 19.4 Å². The van der Waals surface area contributed by atoms with Gasteiger partial charge in [-0.3, -0.25) is 4.79 Å². The highest BCUT2D eigenvalue weighted by molar-refractivity contribution is 5.78. The summed E-state index contributed by atoms with van der Waals surface area (Å²) in [7, 11) is 0. The van der Waals surface area contributed by atoms with Crippen LogP contribution >= 0.6 is 0 Å². The smallest absolute Gasteiger partial charge is 0.310 e. The van der Waals surface area contributed by atoms with Gasteiger partial charge in [-0.2, -0.15) is 0 Å². The zero-order chi connectivity index (χ0) is 16.2. The van der Waals surface area contributed by atoms with Crippen molar-refractivity contribution in [3.05, 3.63) is 71.9 Å². The molecule has 0 spiro atoms. The van der Waals surface area contributed by atoms with E-state index in [1.54, 1.807) is 31.2 Å². The first-order chi connectivity index (χ1) is 11.1. The lowest BCUT2D eigenvalue weighted by atomic mass is 10.0. The number of hydrogen-bond donors (Lipinski definition) is 1. The maximum Gasteiger partial charge on any atom is 0.310 e. The number of carbonyl (C=O) groups is 1. The molecule has 1 atom stereocenters. The van der Waals surface area contributed by atoms with Crippen molar-refractivity contribution in [2.24, 2.45) is 0 Å². The van der Waals surface area contributed by atoms with Crippen molar-refractivity contribution in [3.8, 4) is 5.75 Å². The summed E-state index contributed by atoms with van der Waals surface area (Å²) >= 11 is 0. The lowest BCUT2D eigenvalue weighted by Crippen LogP contribution is -2.07. The molecule has 2 aromatic carbocycles. The third kappa shape index (κ3) is 3.48. The minimum Gasteiger partial charge on any atom is -0.487 e. The van der Waals surface area contributed by atoms with Crippen molar-refractivity contribution in [3.63, 3.8) is 0 Å². The zero-order valence-electron chi connectivity index (χ0n) is 12.8. The molecule has 1 heterocycles. The van der Waals surface area contributed by atoms with Gasteiger partial charge >= 0.3 is 5.97 Å². The normalized spacial score (nSPS) is 12.0. The molecule has 1 N–H and O–H groups in total. The quantitative estimate of drug-likeness (QED) is 0.774. The Hall–Kier alpha value is -2.88. The van der Waals surface area contributed by atoms with Crippen LogP contribution in [0.2, 0.25) is 0 Å². The standard InChI is InChI=1S/C19H17NO3/c1-13(19(21)22)14-7-10-17(11-8-14)23-12-16-9-6-15-4-2-3-5-18(15)20-16/h2-11,13H,12H2,1H3,(H,21,22). The fourth-order valence-electron chi connectivity index (χ4n) is 2.34. The fourth-order valence-corrected chi connectivity index (χ4v) is 2.34. The highest BCUT2D eigenvalue weighted by Crippen LogP contribution is 2.20. The molecule has 0 saturated heterocycles. The van der Waals surface area contributed by atoms with Gasteiger partial charge in [0.25, 0.3) is 0 Å². The van der Waals surface area contributed by atoms with E-state index in [-0.39, 0.29) is 0 Å². The van der Waals surface area contributed by atoms with Gasteiger partial charge in [-0.15, -0.1) is 0 Å². The molecule has 3 aromatic rings. The van der Waals surface area contributed by atoms with Crippen LogP contribution < -0.4 is 4.74 Å². The van der Waals surface area contributed by atoms with Crippen molar-refractivity contribution >= 4 is 16.9 Å². The molecule has 116 valence electrons. The van der Waals surface area contributed by atoms with Crippen molar-refractivity contribution < 1.29 is 14.6 Å². The van der Waals surface area contributed by atoms with Gasteiger partial charge in [-0.25, -0.2) is 4.98 Å². The van der Waals surface area contributed by atoms with Crippen LogP contribution in [0.15, 0.2) is 60.7 Å². The summed E-state index contributed by atoms with van der Waals surface area (Å²) in [6.45, 7) is 2.04. The molecule has 1 unspecified atom stereocenters. The Kier molecular flexibility index (Phi) is 4.24. The van der Waals surface area contributed by atoms with Crippen molar-refractivity contribution in [2.75, 3.05) is 0 Å². The summed E-state index contributed by atoms with van der Waals surface area (Å²) in [6, 6.07) is 19.1. The number of pyridine rings is 1. The van der Waals surface area contributed by atoms with Crippen molar-refractivity contribution in [1.29, 1.82) is 0 Å². The molecule has 0 aliphatic heterocycles. The van der Waals surface area contributed by atoms with Gasteiger partial charge in [0.15, 0.2) is 0 Å². The largest absolute Gasteiger partial charge is 0.487 e. The molecule has 4 heteroatoms. The van der Waals surface area contributed by atoms with Crippen LogP contribution in [0.5, 0.6) is 5.75 Å². The Morgan fingerprint density at radius 2 is 1.83 bits per heavy atom. The number of rotatable bonds is 5. The average molecular weight is 307 g/mol. The molecular weight excluding hydrogens is 290 g/mol. The number of hydrogen-bond acceptors (Lipinski definition) is 3. The van der Waals surface area contributed by atoms with Gasteiger partial charge in [0.2, 0.25) is 0 Å².